The van der Waals surface area contributed by atoms with Crippen molar-refractivity contribution in [1.29, 1.82) is 5.41 Å². The zero-order valence-corrected chi connectivity index (χ0v) is 6.71. The monoisotopic (exact) mass is 174 g/mol. The Morgan fingerprint density at radius 2 is 2.17 bits per heavy atom. The molecule has 1 atom stereocenters. The third kappa shape index (κ3) is 6.81. The maximum absolute atomic E-state index is 10.3. The van der Waals surface area contributed by atoms with Gasteiger partial charge in [-0.1, -0.05) is 0 Å². The zero-order valence-electron chi connectivity index (χ0n) is 6.71. The van der Waals surface area contributed by atoms with Crippen LogP contribution in [-0.4, -0.2) is 29.6 Å². The Balaban J connectivity index is 3.37. The highest BCUT2D eigenvalue weighted by molar-refractivity contribution is 5.74. The highest BCUT2D eigenvalue weighted by atomic mass is 16.3. The van der Waals surface area contributed by atoms with E-state index in [0.717, 1.165) is 0 Å². The lowest BCUT2D eigenvalue weighted by molar-refractivity contribution is -0.119. The molecular weight excluding hydrogens is 160 g/mol. The van der Waals surface area contributed by atoms with Crippen LogP contribution in [0.15, 0.2) is 0 Å². The Labute approximate surface area is 70.4 Å². The molecule has 0 aromatic heterocycles. The Hall–Kier alpha value is -1.30. The third-order valence-electron chi connectivity index (χ3n) is 1.23. The number of carbonyl (C=O) groups is 1. The van der Waals surface area contributed by atoms with Crippen molar-refractivity contribution in [2.75, 3.05) is 6.54 Å². The number of nitrogens with two attached hydrogens (primary N) is 2. The Bertz CT molecular complexity index is 171. The van der Waals surface area contributed by atoms with Gasteiger partial charge in [-0.2, -0.15) is 0 Å². The number of aliphatic hydroxyl groups is 1. The summed E-state index contributed by atoms with van der Waals surface area (Å²) in [6.45, 7) is 0.365. The quantitative estimate of drug-likeness (QED) is 0.246. The van der Waals surface area contributed by atoms with E-state index < -0.39 is 12.0 Å². The van der Waals surface area contributed by atoms with Gasteiger partial charge in [0.1, 0.15) is 0 Å². The number of carbonyl (C=O) groups excluding carboxylic acids is 1. The number of primary amides is 1. The van der Waals surface area contributed by atoms with Crippen molar-refractivity contribution in [3.05, 3.63) is 0 Å². The predicted octanol–water partition coefficient (Wildman–Crippen LogP) is -1.90. The number of amides is 1. The third-order valence-corrected chi connectivity index (χ3v) is 1.23. The van der Waals surface area contributed by atoms with E-state index >= 15 is 0 Å². The van der Waals surface area contributed by atoms with Gasteiger partial charge < -0.3 is 21.9 Å². The average Bonchev–Trinajstić information content (AvgIpc) is 1.84. The van der Waals surface area contributed by atoms with Crippen molar-refractivity contribution < 1.29 is 9.90 Å². The highest BCUT2D eigenvalue weighted by Gasteiger charge is 2.06. The Morgan fingerprint density at radius 1 is 1.58 bits per heavy atom. The minimum absolute atomic E-state index is 0.0560. The summed E-state index contributed by atoms with van der Waals surface area (Å²) in [4.78, 5) is 10.3. The summed E-state index contributed by atoms with van der Waals surface area (Å²) in [6.07, 6.45) is -0.461. The van der Waals surface area contributed by atoms with Crippen LogP contribution < -0.4 is 16.8 Å². The van der Waals surface area contributed by atoms with Gasteiger partial charge in [-0.05, 0) is 6.42 Å². The second-order valence-electron chi connectivity index (χ2n) is 2.45. The first-order valence-electron chi connectivity index (χ1n) is 3.56. The van der Waals surface area contributed by atoms with Crippen molar-refractivity contribution in [1.82, 2.24) is 5.32 Å². The van der Waals surface area contributed by atoms with E-state index in [1.165, 1.54) is 0 Å². The number of aliphatic hydroxyl groups excluding tert-OH is 1. The van der Waals surface area contributed by atoms with Crippen LogP contribution in [0.25, 0.3) is 0 Å². The molecule has 0 aliphatic rings. The summed E-state index contributed by atoms with van der Waals surface area (Å²) in [5, 5.41) is 18.4. The first kappa shape index (κ1) is 10.7. The summed E-state index contributed by atoms with van der Waals surface area (Å²) in [5.41, 5.74) is 9.82. The topological polar surface area (TPSA) is 125 Å². The van der Waals surface area contributed by atoms with Crippen LogP contribution in [0.3, 0.4) is 0 Å². The minimum Gasteiger partial charge on any atom is -0.393 e. The fourth-order valence-electron chi connectivity index (χ4n) is 0.708. The molecule has 0 saturated heterocycles. The largest absolute Gasteiger partial charge is 0.393 e. The predicted molar refractivity (Wildman–Crippen MR) is 44.4 cm³/mol. The highest BCUT2D eigenvalue weighted by Crippen LogP contribution is 1.94. The lowest BCUT2D eigenvalue weighted by Crippen LogP contribution is -2.33. The van der Waals surface area contributed by atoms with E-state index in [0.29, 0.717) is 13.0 Å². The van der Waals surface area contributed by atoms with E-state index in [9.17, 15) is 4.79 Å². The van der Waals surface area contributed by atoms with E-state index in [4.69, 9.17) is 22.0 Å². The van der Waals surface area contributed by atoms with Gasteiger partial charge in [-0.15, -0.1) is 0 Å². The van der Waals surface area contributed by atoms with Gasteiger partial charge in [0.15, 0.2) is 5.96 Å². The van der Waals surface area contributed by atoms with Crippen LogP contribution >= 0.6 is 0 Å². The molecule has 12 heavy (non-hydrogen) atoms. The second kappa shape index (κ2) is 5.36. The van der Waals surface area contributed by atoms with Gasteiger partial charge in [-0.25, -0.2) is 0 Å². The Kier molecular flexibility index (Phi) is 4.78. The molecule has 0 aromatic carbocycles. The normalized spacial score (nSPS) is 12.1. The molecule has 1 unspecified atom stereocenters. The molecule has 6 heteroatoms. The van der Waals surface area contributed by atoms with Crippen LogP contribution in [-0.2, 0) is 4.79 Å². The Morgan fingerprint density at radius 3 is 2.58 bits per heavy atom. The van der Waals surface area contributed by atoms with Gasteiger partial charge in [0, 0.05) is 6.54 Å². The molecule has 70 valence electrons. The molecule has 0 saturated carbocycles. The molecule has 0 heterocycles. The SMILES string of the molecule is N=C(N)NCCC(O)CC(N)=O. The van der Waals surface area contributed by atoms with Gasteiger partial charge in [0.05, 0.1) is 12.5 Å². The fraction of sp³-hybridized carbons (Fsp3) is 0.667. The molecule has 1 amide bonds. The van der Waals surface area contributed by atoms with Crippen LogP contribution in [0.1, 0.15) is 12.8 Å². The zero-order chi connectivity index (χ0) is 9.56. The van der Waals surface area contributed by atoms with E-state index in [1.807, 2.05) is 0 Å². The molecule has 0 radical (unpaired) electrons. The van der Waals surface area contributed by atoms with Crippen molar-refractivity contribution in [3.8, 4) is 0 Å². The number of rotatable bonds is 5. The number of guanidine groups is 1. The number of hydrogen-bond acceptors (Lipinski definition) is 3. The standard InChI is InChI=1S/C6H14N4O2/c7-5(12)3-4(11)1-2-10-6(8)9/h4,11H,1-3H2,(H2,7,12)(H4,8,9,10). The number of nitrogens with one attached hydrogen (secondary N) is 2. The molecule has 0 rings (SSSR count). The summed E-state index contributed by atoms with van der Waals surface area (Å²) in [7, 11) is 0. The fourth-order valence-corrected chi connectivity index (χ4v) is 0.708. The molecule has 0 aromatic rings. The first-order valence-corrected chi connectivity index (χ1v) is 3.56. The van der Waals surface area contributed by atoms with Crippen LogP contribution in [0, 0.1) is 5.41 Å². The van der Waals surface area contributed by atoms with Crippen molar-refractivity contribution >= 4 is 11.9 Å². The lowest BCUT2D eigenvalue weighted by atomic mass is 10.2. The molecule has 0 aliphatic carbocycles. The summed E-state index contributed by atoms with van der Waals surface area (Å²) < 4.78 is 0. The molecule has 0 spiro atoms. The molecule has 0 bridgehead atoms. The average molecular weight is 174 g/mol. The number of hydrogen-bond donors (Lipinski definition) is 5. The van der Waals surface area contributed by atoms with Crippen LogP contribution in [0.2, 0.25) is 0 Å². The molecule has 0 aliphatic heterocycles. The van der Waals surface area contributed by atoms with Crippen molar-refractivity contribution in [3.63, 3.8) is 0 Å². The van der Waals surface area contributed by atoms with Gasteiger partial charge in [0.25, 0.3) is 0 Å². The van der Waals surface area contributed by atoms with Gasteiger partial charge >= 0.3 is 0 Å². The molecular formula is C6H14N4O2. The van der Waals surface area contributed by atoms with Crippen LogP contribution in [0.5, 0.6) is 0 Å². The van der Waals surface area contributed by atoms with Crippen LogP contribution in [0.4, 0.5) is 0 Å². The summed E-state index contributed by atoms with van der Waals surface area (Å²) >= 11 is 0. The van der Waals surface area contributed by atoms with E-state index in [1.54, 1.807) is 0 Å². The smallest absolute Gasteiger partial charge is 0.220 e. The van der Waals surface area contributed by atoms with Crippen molar-refractivity contribution in [2.24, 2.45) is 11.5 Å². The first-order chi connectivity index (χ1) is 5.52. The molecule has 0 fully saturated rings. The van der Waals surface area contributed by atoms with E-state index in [2.05, 4.69) is 5.32 Å². The lowest BCUT2D eigenvalue weighted by Gasteiger charge is -2.08. The minimum atomic E-state index is -0.755. The second-order valence-corrected chi connectivity index (χ2v) is 2.45. The maximum atomic E-state index is 10.3. The van der Waals surface area contributed by atoms with E-state index in [-0.39, 0.29) is 12.4 Å². The van der Waals surface area contributed by atoms with Gasteiger partial charge in [-0.3, -0.25) is 10.2 Å². The maximum Gasteiger partial charge on any atom is 0.220 e. The molecule has 7 N–H and O–H groups in total. The van der Waals surface area contributed by atoms with Crippen molar-refractivity contribution in [2.45, 2.75) is 18.9 Å². The molecule has 6 nitrogen and oxygen atoms in total. The summed E-state index contributed by atoms with van der Waals surface area (Å²) in [6, 6.07) is 0. The summed E-state index contributed by atoms with van der Waals surface area (Å²) in [5.74, 6) is -0.688. The van der Waals surface area contributed by atoms with Gasteiger partial charge in [0.2, 0.25) is 5.91 Å².